The van der Waals surface area contributed by atoms with Crippen LogP contribution in [0.5, 0.6) is 0 Å². The molecule has 0 saturated heterocycles. The van der Waals surface area contributed by atoms with Crippen molar-refractivity contribution in [3.05, 3.63) is 0 Å². The number of alkyl halides is 2. The Hall–Kier alpha value is -0.220. The molecule has 0 atom stereocenters. The van der Waals surface area contributed by atoms with Crippen LogP contribution in [0.4, 0.5) is 8.78 Å². The Morgan fingerprint density at radius 3 is 2.27 bits per heavy atom. The molecule has 0 aromatic heterocycles. The van der Waals surface area contributed by atoms with Crippen LogP contribution in [-0.2, 0) is 9.47 Å². The number of hydrogen-bond acceptors (Lipinski definition) is 2. The summed E-state index contributed by atoms with van der Waals surface area (Å²) in [6, 6.07) is 0. The predicted octanol–water partition coefficient (Wildman–Crippen LogP) is 3.25. The van der Waals surface area contributed by atoms with Crippen molar-refractivity contribution in [2.75, 3.05) is 20.3 Å². The fraction of sp³-hybridized carbons (Fsp3) is 1.00. The second kappa shape index (κ2) is 6.38. The number of ether oxygens (including phenoxy) is 2. The van der Waals surface area contributed by atoms with Gasteiger partial charge in [0.15, 0.2) is 0 Å². The fourth-order valence-corrected chi connectivity index (χ4v) is 1.25. The maximum Gasteiger partial charge on any atom is 0.248 e. The summed E-state index contributed by atoms with van der Waals surface area (Å²) in [4.78, 5) is 0. The molecule has 0 saturated carbocycles. The van der Waals surface area contributed by atoms with Crippen LogP contribution in [0, 0.1) is 0 Å². The zero-order valence-electron chi connectivity index (χ0n) is 10.1. The first-order valence-corrected chi connectivity index (χ1v) is 5.34. The Bertz CT molecular complexity index is 170. The zero-order chi connectivity index (χ0) is 11.9. The Kier molecular flexibility index (Phi) is 6.29. The van der Waals surface area contributed by atoms with Crippen molar-refractivity contribution in [1.82, 2.24) is 0 Å². The van der Waals surface area contributed by atoms with Gasteiger partial charge in [-0.05, 0) is 20.3 Å². The van der Waals surface area contributed by atoms with E-state index in [1.807, 2.05) is 13.8 Å². The van der Waals surface area contributed by atoms with Gasteiger partial charge in [-0.25, -0.2) is 8.78 Å². The van der Waals surface area contributed by atoms with Gasteiger partial charge < -0.3 is 9.47 Å². The molecule has 0 aromatic rings. The number of halogens is 2. The van der Waals surface area contributed by atoms with Gasteiger partial charge in [0, 0.05) is 26.6 Å². The summed E-state index contributed by atoms with van der Waals surface area (Å²) < 4.78 is 36.1. The molecule has 0 N–H and O–H groups in total. The van der Waals surface area contributed by atoms with Crippen LogP contribution in [0.2, 0.25) is 0 Å². The average Bonchev–Trinajstić information content (AvgIpc) is 2.13. The molecule has 4 heteroatoms. The molecule has 0 aliphatic heterocycles. The molecular weight excluding hydrogens is 202 g/mol. The quantitative estimate of drug-likeness (QED) is 0.589. The molecule has 0 radical (unpaired) electrons. The average molecular weight is 224 g/mol. The molecule has 0 unspecified atom stereocenters. The van der Waals surface area contributed by atoms with Crippen LogP contribution in [0.1, 0.15) is 40.0 Å². The Labute approximate surface area is 90.9 Å². The number of rotatable bonds is 8. The summed E-state index contributed by atoms with van der Waals surface area (Å²) >= 11 is 0. The highest BCUT2D eigenvalue weighted by atomic mass is 19.3. The predicted molar refractivity (Wildman–Crippen MR) is 56.4 cm³/mol. The summed E-state index contributed by atoms with van der Waals surface area (Å²) in [7, 11) is 1.59. The highest BCUT2D eigenvalue weighted by Gasteiger charge is 2.25. The van der Waals surface area contributed by atoms with Gasteiger partial charge in [-0.15, -0.1) is 0 Å². The summed E-state index contributed by atoms with van der Waals surface area (Å²) in [6.45, 7) is 6.09. The van der Waals surface area contributed by atoms with Crippen molar-refractivity contribution in [3.8, 4) is 0 Å². The fourth-order valence-electron chi connectivity index (χ4n) is 1.25. The van der Waals surface area contributed by atoms with E-state index in [9.17, 15) is 8.78 Å². The minimum Gasteiger partial charge on any atom is -0.382 e. The largest absolute Gasteiger partial charge is 0.382 e. The van der Waals surface area contributed by atoms with Gasteiger partial charge in [0.05, 0.1) is 12.2 Å². The van der Waals surface area contributed by atoms with E-state index in [-0.39, 0.29) is 12.8 Å². The van der Waals surface area contributed by atoms with E-state index < -0.39 is 11.5 Å². The Morgan fingerprint density at radius 2 is 1.80 bits per heavy atom. The van der Waals surface area contributed by atoms with Crippen LogP contribution >= 0.6 is 0 Å². The molecule has 15 heavy (non-hydrogen) atoms. The standard InChI is InChI=1S/C11H22F2O2/c1-5-11(12,13)7-6-8-15-10(2,3)9-14-4/h5-9H2,1-4H3. The van der Waals surface area contributed by atoms with E-state index in [4.69, 9.17) is 9.47 Å². The molecule has 0 aliphatic carbocycles. The Balaban J connectivity index is 3.62. The van der Waals surface area contributed by atoms with E-state index in [1.165, 1.54) is 6.92 Å². The monoisotopic (exact) mass is 224 g/mol. The second-order valence-corrected chi connectivity index (χ2v) is 4.35. The van der Waals surface area contributed by atoms with E-state index in [0.29, 0.717) is 19.6 Å². The van der Waals surface area contributed by atoms with Gasteiger partial charge in [0.25, 0.3) is 0 Å². The molecule has 0 bridgehead atoms. The lowest BCUT2D eigenvalue weighted by Gasteiger charge is -2.24. The second-order valence-electron chi connectivity index (χ2n) is 4.35. The highest BCUT2D eigenvalue weighted by molar-refractivity contribution is 4.68. The summed E-state index contributed by atoms with van der Waals surface area (Å²) in [5.74, 6) is -2.55. The molecule has 0 heterocycles. The SMILES string of the molecule is CCC(F)(F)CCCOC(C)(C)COC. The van der Waals surface area contributed by atoms with Crippen LogP contribution in [0.25, 0.3) is 0 Å². The first-order valence-electron chi connectivity index (χ1n) is 5.34. The minimum atomic E-state index is -2.55. The number of hydrogen-bond donors (Lipinski definition) is 0. The van der Waals surface area contributed by atoms with Crippen LogP contribution < -0.4 is 0 Å². The van der Waals surface area contributed by atoms with Gasteiger partial charge in [-0.2, -0.15) is 0 Å². The van der Waals surface area contributed by atoms with Crippen LogP contribution in [0.3, 0.4) is 0 Å². The van der Waals surface area contributed by atoms with E-state index in [0.717, 1.165) is 0 Å². The summed E-state index contributed by atoms with van der Waals surface area (Å²) in [6.07, 6.45) is 0.176. The van der Waals surface area contributed by atoms with Crippen molar-refractivity contribution in [2.45, 2.75) is 51.6 Å². The van der Waals surface area contributed by atoms with Crippen molar-refractivity contribution in [1.29, 1.82) is 0 Å². The van der Waals surface area contributed by atoms with Crippen LogP contribution in [-0.4, -0.2) is 31.8 Å². The number of methoxy groups -OCH3 is 1. The molecule has 0 fully saturated rings. The molecular formula is C11H22F2O2. The smallest absolute Gasteiger partial charge is 0.248 e. The summed E-state index contributed by atoms with van der Waals surface area (Å²) in [5.41, 5.74) is -0.393. The lowest BCUT2D eigenvalue weighted by atomic mass is 10.1. The first-order chi connectivity index (χ1) is 6.83. The third-order valence-corrected chi connectivity index (χ3v) is 2.19. The molecule has 92 valence electrons. The lowest BCUT2D eigenvalue weighted by Crippen LogP contribution is -2.31. The van der Waals surface area contributed by atoms with Crippen LogP contribution in [0.15, 0.2) is 0 Å². The Morgan fingerprint density at radius 1 is 1.20 bits per heavy atom. The zero-order valence-corrected chi connectivity index (χ0v) is 10.1. The van der Waals surface area contributed by atoms with Gasteiger partial charge in [0.1, 0.15) is 0 Å². The molecule has 0 spiro atoms. The molecule has 0 rings (SSSR count). The third-order valence-electron chi connectivity index (χ3n) is 2.19. The van der Waals surface area contributed by atoms with Gasteiger partial charge >= 0.3 is 0 Å². The van der Waals surface area contributed by atoms with Gasteiger partial charge in [0.2, 0.25) is 5.92 Å². The summed E-state index contributed by atoms with van der Waals surface area (Å²) in [5, 5.41) is 0. The van der Waals surface area contributed by atoms with E-state index in [2.05, 4.69) is 0 Å². The third kappa shape index (κ3) is 7.68. The maximum absolute atomic E-state index is 12.8. The molecule has 0 aliphatic rings. The van der Waals surface area contributed by atoms with E-state index in [1.54, 1.807) is 7.11 Å². The molecule has 0 amide bonds. The lowest BCUT2D eigenvalue weighted by molar-refractivity contribution is -0.0758. The molecule has 2 nitrogen and oxygen atoms in total. The van der Waals surface area contributed by atoms with Crippen molar-refractivity contribution in [3.63, 3.8) is 0 Å². The van der Waals surface area contributed by atoms with Crippen molar-refractivity contribution >= 4 is 0 Å². The van der Waals surface area contributed by atoms with Crippen molar-refractivity contribution < 1.29 is 18.3 Å². The minimum absolute atomic E-state index is 0.103. The van der Waals surface area contributed by atoms with Gasteiger partial charge in [-0.1, -0.05) is 6.92 Å². The maximum atomic E-state index is 12.8. The normalized spacial score (nSPS) is 13.2. The van der Waals surface area contributed by atoms with E-state index >= 15 is 0 Å². The topological polar surface area (TPSA) is 18.5 Å². The van der Waals surface area contributed by atoms with Gasteiger partial charge in [-0.3, -0.25) is 0 Å². The molecule has 0 aromatic carbocycles. The van der Waals surface area contributed by atoms with Crippen molar-refractivity contribution in [2.24, 2.45) is 0 Å². The highest BCUT2D eigenvalue weighted by Crippen LogP contribution is 2.24. The first kappa shape index (κ1) is 14.8.